The van der Waals surface area contributed by atoms with Crippen molar-refractivity contribution in [1.82, 2.24) is 19.9 Å². The van der Waals surface area contributed by atoms with Crippen molar-refractivity contribution in [2.24, 2.45) is 0 Å². The lowest BCUT2D eigenvalue weighted by Crippen LogP contribution is -2.28. The van der Waals surface area contributed by atoms with Crippen molar-refractivity contribution in [1.29, 1.82) is 0 Å². The Kier molecular flexibility index (Phi) is 7.27. The first-order valence-electron chi connectivity index (χ1n) is 10.7. The summed E-state index contributed by atoms with van der Waals surface area (Å²) in [5.74, 6) is 1.93. The highest BCUT2D eigenvalue weighted by molar-refractivity contribution is 7.99. The lowest BCUT2D eigenvalue weighted by atomic mass is 10.1. The van der Waals surface area contributed by atoms with Gasteiger partial charge in [-0.2, -0.15) is 0 Å². The van der Waals surface area contributed by atoms with Crippen LogP contribution in [0.1, 0.15) is 17.0 Å². The monoisotopic (exact) mass is 482 g/mol. The zero-order valence-electron chi connectivity index (χ0n) is 19.2. The summed E-state index contributed by atoms with van der Waals surface area (Å²) < 4.78 is 17.5. The summed E-state index contributed by atoms with van der Waals surface area (Å²) in [6.07, 6.45) is 2.20. The smallest absolute Gasteiger partial charge is 0.278 e. The number of methoxy groups -OCH3 is 2. The molecule has 4 rings (SSSR count). The van der Waals surface area contributed by atoms with E-state index in [-0.39, 0.29) is 23.8 Å². The molecule has 3 heterocycles. The van der Waals surface area contributed by atoms with Crippen molar-refractivity contribution in [3.8, 4) is 11.5 Å². The SMILES string of the molecule is COc1ccc(CCNC(=O)CSc2nc3cc(C)[nH]c3c(=O)n2Cc2ccco2)cc1OC. The molecule has 0 spiro atoms. The minimum absolute atomic E-state index is 0.130. The van der Waals surface area contributed by atoms with E-state index in [1.165, 1.54) is 16.3 Å². The number of benzene rings is 1. The maximum Gasteiger partial charge on any atom is 0.278 e. The molecule has 9 nitrogen and oxygen atoms in total. The van der Waals surface area contributed by atoms with E-state index in [9.17, 15) is 9.59 Å². The van der Waals surface area contributed by atoms with Crippen LogP contribution in [0.5, 0.6) is 11.5 Å². The molecule has 0 atom stereocenters. The van der Waals surface area contributed by atoms with Crippen molar-refractivity contribution in [2.75, 3.05) is 26.5 Å². The molecule has 0 saturated heterocycles. The van der Waals surface area contributed by atoms with E-state index in [4.69, 9.17) is 13.9 Å². The number of nitrogens with one attached hydrogen (secondary N) is 2. The molecule has 10 heteroatoms. The van der Waals surface area contributed by atoms with Crippen molar-refractivity contribution in [3.63, 3.8) is 0 Å². The number of aryl methyl sites for hydroxylation is 1. The van der Waals surface area contributed by atoms with Crippen LogP contribution in [0.15, 0.2) is 57.0 Å². The number of H-pyrrole nitrogens is 1. The maximum absolute atomic E-state index is 13.1. The van der Waals surface area contributed by atoms with Gasteiger partial charge in [-0.05, 0) is 49.2 Å². The Labute approximate surface area is 200 Å². The van der Waals surface area contributed by atoms with Crippen molar-refractivity contribution < 1.29 is 18.7 Å². The molecule has 0 fully saturated rings. The van der Waals surface area contributed by atoms with Crippen molar-refractivity contribution >= 4 is 28.7 Å². The van der Waals surface area contributed by atoms with Crippen molar-refractivity contribution in [3.05, 3.63) is 70.0 Å². The Balaban J connectivity index is 1.41. The van der Waals surface area contributed by atoms with E-state index in [0.29, 0.717) is 46.4 Å². The van der Waals surface area contributed by atoms with Crippen LogP contribution in [0, 0.1) is 6.92 Å². The summed E-state index contributed by atoms with van der Waals surface area (Å²) in [7, 11) is 3.18. The number of ether oxygens (including phenoxy) is 2. The number of thioether (sulfide) groups is 1. The van der Waals surface area contributed by atoms with E-state index in [1.54, 1.807) is 32.6 Å². The Bertz CT molecular complexity index is 1340. The molecule has 0 aliphatic carbocycles. The standard InChI is InChI=1S/C24H26N4O5S/c1-15-11-18-22(26-15)23(30)28(13-17-5-4-10-33-17)24(27-18)34-14-21(29)25-9-8-16-6-7-19(31-2)20(12-16)32-3/h4-7,10-12,26H,8-9,13-14H2,1-3H3,(H,25,29). The summed E-state index contributed by atoms with van der Waals surface area (Å²) in [6.45, 7) is 2.57. The minimum atomic E-state index is -0.203. The van der Waals surface area contributed by atoms with Gasteiger partial charge in [0.25, 0.3) is 5.56 Å². The zero-order valence-corrected chi connectivity index (χ0v) is 20.0. The van der Waals surface area contributed by atoms with Crippen LogP contribution in [-0.4, -0.2) is 47.0 Å². The van der Waals surface area contributed by atoms with Gasteiger partial charge in [-0.1, -0.05) is 17.8 Å². The number of aromatic nitrogens is 3. The number of hydrogen-bond donors (Lipinski definition) is 2. The topological polar surface area (TPSA) is 111 Å². The van der Waals surface area contributed by atoms with E-state index in [2.05, 4.69) is 15.3 Å². The molecule has 0 aliphatic rings. The van der Waals surface area contributed by atoms with Crippen LogP contribution < -0.4 is 20.3 Å². The number of rotatable bonds is 10. The summed E-state index contributed by atoms with van der Waals surface area (Å²) in [6, 6.07) is 11.1. The van der Waals surface area contributed by atoms with Gasteiger partial charge in [0, 0.05) is 12.2 Å². The van der Waals surface area contributed by atoms with Crippen LogP contribution in [0.4, 0.5) is 0 Å². The lowest BCUT2D eigenvalue weighted by Gasteiger charge is -2.11. The van der Waals surface area contributed by atoms with Gasteiger partial charge >= 0.3 is 0 Å². The highest BCUT2D eigenvalue weighted by atomic mass is 32.2. The van der Waals surface area contributed by atoms with Crippen LogP contribution >= 0.6 is 11.8 Å². The molecule has 2 N–H and O–H groups in total. The van der Waals surface area contributed by atoms with E-state index < -0.39 is 0 Å². The highest BCUT2D eigenvalue weighted by Crippen LogP contribution is 2.27. The van der Waals surface area contributed by atoms with Crippen LogP contribution in [-0.2, 0) is 17.8 Å². The lowest BCUT2D eigenvalue weighted by molar-refractivity contribution is -0.118. The Hall–Kier alpha value is -3.66. The molecule has 1 aromatic carbocycles. The summed E-state index contributed by atoms with van der Waals surface area (Å²) >= 11 is 1.22. The third-order valence-corrected chi connectivity index (χ3v) is 6.22. The molecule has 4 aromatic rings. The van der Waals surface area contributed by atoms with Crippen molar-refractivity contribution in [2.45, 2.75) is 25.0 Å². The fraction of sp³-hybridized carbons (Fsp3) is 0.292. The average molecular weight is 483 g/mol. The molecule has 3 aromatic heterocycles. The summed E-state index contributed by atoms with van der Waals surface area (Å²) in [4.78, 5) is 33.3. The van der Waals surface area contributed by atoms with Crippen LogP contribution in [0.2, 0.25) is 0 Å². The molecule has 0 bridgehead atoms. The first-order valence-corrected chi connectivity index (χ1v) is 11.7. The maximum atomic E-state index is 13.1. The Morgan fingerprint density at radius 2 is 2.03 bits per heavy atom. The van der Waals surface area contributed by atoms with Gasteiger partial charge in [0.15, 0.2) is 16.7 Å². The molecule has 34 heavy (non-hydrogen) atoms. The summed E-state index contributed by atoms with van der Waals surface area (Å²) in [5, 5.41) is 3.38. The molecule has 0 saturated carbocycles. The second-order valence-corrected chi connectivity index (χ2v) is 8.60. The van der Waals surface area contributed by atoms with Gasteiger partial charge in [0.2, 0.25) is 5.91 Å². The second-order valence-electron chi connectivity index (χ2n) is 7.66. The zero-order chi connectivity index (χ0) is 24.1. The highest BCUT2D eigenvalue weighted by Gasteiger charge is 2.16. The largest absolute Gasteiger partial charge is 0.493 e. The number of carbonyl (C=O) groups is 1. The number of carbonyl (C=O) groups excluding carboxylic acids is 1. The summed E-state index contributed by atoms with van der Waals surface area (Å²) in [5.41, 5.74) is 2.68. The first-order chi connectivity index (χ1) is 16.5. The second kappa shape index (κ2) is 10.5. The number of fused-ring (bicyclic) bond motifs is 1. The predicted molar refractivity (Wildman–Crippen MR) is 130 cm³/mol. The Morgan fingerprint density at radius 1 is 1.21 bits per heavy atom. The first kappa shape index (κ1) is 23.5. The molecule has 0 unspecified atom stereocenters. The van der Waals surface area contributed by atoms with E-state index >= 15 is 0 Å². The quantitative estimate of drug-likeness (QED) is 0.264. The molecule has 0 radical (unpaired) electrons. The molecule has 0 aliphatic heterocycles. The number of nitrogens with zero attached hydrogens (tertiary/aromatic N) is 2. The Morgan fingerprint density at radius 3 is 2.76 bits per heavy atom. The van der Waals surface area contributed by atoms with Gasteiger partial charge in [0.05, 0.1) is 38.3 Å². The number of aromatic amines is 1. The average Bonchev–Trinajstić information content (AvgIpc) is 3.48. The van der Waals surface area contributed by atoms with Crippen LogP contribution in [0.3, 0.4) is 0 Å². The molecule has 1 amide bonds. The predicted octanol–water partition coefficient (Wildman–Crippen LogP) is 3.14. The number of hydrogen-bond acceptors (Lipinski definition) is 7. The third-order valence-electron chi connectivity index (χ3n) is 5.25. The molecular formula is C24H26N4O5S. The number of amides is 1. The van der Waals surface area contributed by atoms with Gasteiger partial charge in [-0.25, -0.2) is 4.98 Å². The van der Waals surface area contributed by atoms with Gasteiger partial charge < -0.3 is 24.2 Å². The van der Waals surface area contributed by atoms with Crippen LogP contribution in [0.25, 0.3) is 11.0 Å². The number of furan rings is 1. The normalized spacial score (nSPS) is 11.0. The van der Waals surface area contributed by atoms with Gasteiger partial charge in [-0.3, -0.25) is 14.2 Å². The molecule has 178 valence electrons. The molecular weight excluding hydrogens is 456 g/mol. The minimum Gasteiger partial charge on any atom is -0.493 e. The van der Waals surface area contributed by atoms with Gasteiger partial charge in [-0.15, -0.1) is 0 Å². The van der Waals surface area contributed by atoms with E-state index in [1.807, 2.05) is 31.2 Å². The van der Waals surface area contributed by atoms with Gasteiger partial charge in [0.1, 0.15) is 11.3 Å². The fourth-order valence-electron chi connectivity index (χ4n) is 3.58. The van der Waals surface area contributed by atoms with E-state index in [0.717, 1.165) is 11.3 Å². The fourth-order valence-corrected chi connectivity index (χ4v) is 4.41. The third kappa shape index (κ3) is 5.28.